The molecule has 3 aromatic rings. The van der Waals surface area contributed by atoms with Gasteiger partial charge < -0.3 is 10.1 Å². The van der Waals surface area contributed by atoms with E-state index >= 15 is 0 Å². The van der Waals surface area contributed by atoms with E-state index in [1.54, 1.807) is 36.4 Å². The maximum atomic E-state index is 13.5. The lowest BCUT2D eigenvalue weighted by Gasteiger charge is -2.17. The largest absolute Gasteiger partial charge is 0.491 e. The van der Waals surface area contributed by atoms with Gasteiger partial charge in [0.15, 0.2) is 0 Å². The van der Waals surface area contributed by atoms with Gasteiger partial charge in [0.05, 0.1) is 17.4 Å². The zero-order valence-electron chi connectivity index (χ0n) is 18.4. The number of amides is 2. The fourth-order valence-electron chi connectivity index (χ4n) is 3.53. The summed E-state index contributed by atoms with van der Waals surface area (Å²) < 4.78 is 19.2. The number of carbonyl (C=O) groups is 2. The zero-order valence-corrected chi connectivity index (χ0v) is 19.1. The van der Waals surface area contributed by atoms with Crippen LogP contribution in [0.5, 0.6) is 5.75 Å². The molecule has 1 heterocycles. The van der Waals surface area contributed by atoms with Gasteiger partial charge in [0.2, 0.25) is 0 Å². The standard InChI is InChI=1S/C26H22ClFN2O3/c1-15(2)33-21-12-10-20(11-13-21)30-25(31)23(17-5-7-18(28)8-6-17)24(26(30)32)29-19-9-4-16(3)22(27)14-19/h4-15,29H,1-3H3. The van der Waals surface area contributed by atoms with Crippen molar-refractivity contribution < 1.29 is 18.7 Å². The lowest BCUT2D eigenvalue weighted by atomic mass is 10.0. The number of anilines is 2. The zero-order chi connectivity index (χ0) is 23.7. The van der Waals surface area contributed by atoms with Gasteiger partial charge in [0.1, 0.15) is 17.3 Å². The molecule has 168 valence electrons. The maximum Gasteiger partial charge on any atom is 0.282 e. The van der Waals surface area contributed by atoms with Crippen LogP contribution in [0.2, 0.25) is 5.02 Å². The number of hydrogen-bond acceptors (Lipinski definition) is 4. The van der Waals surface area contributed by atoms with Crippen LogP contribution in [0.3, 0.4) is 0 Å². The van der Waals surface area contributed by atoms with Gasteiger partial charge in [-0.05, 0) is 80.4 Å². The molecular formula is C26H22ClFN2O3. The first-order chi connectivity index (χ1) is 15.7. The van der Waals surface area contributed by atoms with E-state index in [4.69, 9.17) is 16.3 Å². The Labute approximate surface area is 196 Å². The minimum atomic E-state index is -0.520. The van der Waals surface area contributed by atoms with Gasteiger partial charge in [-0.3, -0.25) is 9.59 Å². The highest BCUT2D eigenvalue weighted by molar-refractivity contribution is 6.46. The van der Waals surface area contributed by atoms with Crippen LogP contribution in [0.4, 0.5) is 15.8 Å². The second kappa shape index (κ2) is 9.08. The topological polar surface area (TPSA) is 58.6 Å². The molecule has 4 rings (SSSR count). The molecule has 1 aliphatic heterocycles. The van der Waals surface area contributed by atoms with Crippen LogP contribution in [-0.2, 0) is 9.59 Å². The first kappa shape index (κ1) is 22.6. The molecule has 0 bridgehead atoms. The minimum absolute atomic E-state index is 0.00483. The molecule has 0 unspecified atom stereocenters. The number of halogens is 2. The lowest BCUT2D eigenvalue weighted by molar-refractivity contribution is -0.120. The first-order valence-corrected chi connectivity index (χ1v) is 10.8. The molecule has 0 saturated heterocycles. The number of aryl methyl sites for hydroxylation is 1. The summed E-state index contributed by atoms with van der Waals surface area (Å²) in [5.74, 6) is -0.834. The highest BCUT2D eigenvalue weighted by Crippen LogP contribution is 2.35. The number of nitrogens with zero attached hydrogens (tertiary/aromatic N) is 1. The summed E-state index contributed by atoms with van der Waals surface area (Å²) in [5.41, 5.74) is 2.52. The summed E-state index contributed by atoms with van der Waals surface area (Å²) in [6, 6.07) is 17.4. The van der Waals surface area contributed by atoms with Crippen LogP contribution in [0.15, 0.2) is 72.4 Å². The van der Waals surface area contributed by atoms with E-state index in [-0.39, 0.29) is 17.4 Å². The molecule has 3 aromatic carbocycles. The SMILES string of the molecule is Cc1ccc(NC2=C(c3ccc(F)cc3)C(=O)N(c3ccc(OC(C)C)cc3)C2=O)cc1Cl. The average Bonchev–Trinajstić information content (AvgIpc) is 3.01. The fourth-order valence-corrected chi connectivity index (χ4v) is 3.71. The summed E-state index contributed by atoms with van der Waals surface area (Å²) >= 11 is 6.24. The predicted molar refractivity (Wildman–Crippen MR) is 128 cm³/mol. The predicted octanol–water partition coefficient (Wildman–Crippen LogP) is 5.97. The van der Waals surface area contributed by atoms with Crippen molar-refractivity contribution in [2.75, 3.05) is 10.2 Å². The van der Waals surface area contributed by atoms with Gasteiger partial charge >= 0.3 is 0 Å². The molecule has 5 nitrogen and oxygen atoms in total. The Bertz CT molecular complexity index is 1250. The van der Waals surface area contributed by atoms with Crippen molar-refractivity contribution in [3.63, 3.8) is 0 Å². The molecule has 33 heavy (non-hydrogen) atoms. The maximum absolute atomic E-state index is 13.5. The van der Waals surface area contributed by atoms with Crippen LogP contribution in [-0.4, -0.2) is 17.9 Å². The number of carbonyl (C=O) groups excluding carboxylic acids is 2. The quantitative estimate of drug-likeness (QED) is 0.456. The number of nitrogens with one attached hydrogen (secondary N) is 1. The molecule has 1 N–H and O–H groups in total. The van der Waals surface area contributed by atoms with Gasteiger partial charge in [-0.15, -0.1) is 0 Å². The third-order valence-corrected chi connectivity index (χ3v) is 5.53. The Morgan fingerprint density at radius 1 is 0.939 bits per heavy atom. The third-order valence-electron chi connectivity index (χ3n) is 5.12. The fraction of sp³-hybridized carbons (Fsp3) is 0.154. The van der Waals surface area contributed by atoms with E-state index in [9.17, 15) is 14.0 Å². The summed E-state index contributed by atoms with van der Waals surface area (Å²) in [5, 5.41) is 3.58. The van der Waals surface area contributed by atoms with Crippen molar-refractivity contribution in [2.45, 2.75) is 26.9 Å². The normalized spacial score (nSPS) is 13.8. The molecule has 0 fully saturated rings. The van der Waals surface area contributed by atoms with Crippen LogP contribution in [0.1, 0.15) is 25.0 Å². The van der Waals surface area contributed by atoms with Crippen molar-refractivity contribution in [1.29, 1.82) is 0 Å². The smallest absolute Gasteiger partial charge is 0.282 e. The second-order valence-electron chi connectivity index (χ2n) is 7.95. The summed E-state index contributed by atoms with van der Waals surface area (Å²) in [4.78, 5) is 28.0. The van der Waals surface area contributed by atoms with Crippen LogP contribution in [0, 0.1) is 12.7 Å². The van der Waals surface area contributed by atoms with E-state index in [2.05, 4.69) is 5.32 Å². The van der Waals surface area contributed by atoms with Crippen molar-refractivity contribution in [3.8, 4) is 5.75 Å². The number of hydrogen-bond donors (Lipinski definition) is 1. The molecule has 1 aliphatic rings. The van der Waals surface area contributed by atoms with E-state index in [1.165, 1.54) is 24.3 Å². The Kier molecular flexibility index (Phi) is 6.20. The number of ether oxygens (including phenoxy) is 1. The highest BCUT2D eigenvalue weighted by atomic mass is 35.5. The Morgan fingerprint density at radius 2 is 1.61 bits per heavy atom. The van der Waals surface area contributed by atoms with Crippen molar-refractivity contribution in [2.24, 2.45) is 0 Å². The van der Waals surface area contributed by atoms with E-state index in [0.29, 0.717) is 27.7 Å². The van der Waals surface area contributed by atoms with Crippen molar-refractivity contribution in [3.05, 3.63) is 94.4 Å². The molecule has 2 amide bonds. The highest BCUT2D eigenvalue weighted by Gasteiger charge is 2.40. The average molecular weight is 465 g/mol. The van der Waals surface area contributed by atoms with E-state index in [1.807, 2.05) is 26.8 Å². The Hall–Kier alpha value is -3.64. The lowest BCUT2D eigenvalue weighted by Crippen LogP contribution is -2.32. The summed E-state index contributed by atoms with van der Waals surface area (Å²) in [6.45, 7) is 5.69. The second-order valence-corrected chi connectivity index (χ2v) is 8.36. The molecule has 0 radical (unpaired) electrons. The van der Waals surface area contributed by atoms with Gasteiger partial charge in [0, 0.05) is 10.7 Å². The van der Waals surface area contributed by atoms with E-state index in [0.717, 1.165) is 10.5 Å². The van der Waals surface area contributed by atoms with Crippen LogP contribution >= 0.6 is 11.6 Å². The van der Waals surface area contributed by atoms with Crippen molar-refractivity contribution >= 4 is 40.4 Å². The molecule has 0 aromatic heterocycles. The van der Waals surface area contributed by atoms with Crippen LogP contribution < -0.4 is 15.0 Å². The van der Waals surface area contributed by atoms with Crippen LogP contribution in [0.25, 0.3) is 5.57 Å². The molecule has 0 atom stereocenters. The summed E-state index contributed by atoms with van der Waals surface area (Å²) in [7, 11) is 0. The van der Waals surface area contributed by atoms with Gasteiger partial charge in [-0.25, -0.2) is 9.29 Å². The molecular weight excluding hydrogens is 443 g/mol. The molecule has 0 aliphatic carbocycles. The number of benzene rings is 3. The molecule has 0 spiro atoms. The molecule has 0 saturated carbocycles. The van der Waals surface area contributed by atoms with Gasteiger partial charge in [0.25, 0.3) is 11.8 Å². The monoisotopic (exact) mass is 464 g/mol. The Morgan fingerprint density at radius 3 is 2.21 bits per heavy atom. The van der Waals surface area contributed by atoms with Crippen molar-refractivity contribution in [1.82, 2.24) is 0 Å². The van der Waals surface area contributed by atoms with Gasteiger partial charge in [-0.1, -0.05) is 29.8 Å². The number of imide groups is 1. The van der Waals surface area contributed by atoms with E-state index < -0.39 is 17.6 Å². The third kappa shape index (κ3) is 4.61. The first-order valence-electron chi connectivity index (χ1n) is 10.4. The molecule has 7 heteroatoms. The van der Waals surface area contributed by atoms with Gasteiger partial charge in [-0.2, -0.15) is 0 Å². The Balaban J connectivity index is 1.75. The summed E-state index contributed by atoms with van der Waals surface area (Å²) in [6.07, 6.45) is -0.00483. The number of rotatable bonds is 6. The minimum Gasteiger partial charge on any atom is -0.491 e.